The molecule has 4 aromatic rings. The summed E-state index contributed by atoms with van der Waals surface area (Å²) in [6.07, 6.45) is 1.46. The lowest BCUT2D eigenvalue weighted by molar-refractivity contribution is 0.158. The predicted molar refractivity (Wildman–Crippen MR) is 128 cm³/mol. The molecule has 1 aliphatic rings. The van der Waals surface area contributed by atoms with E-state index in [-0.39, 0.29) is 42.8 Å². The van der Waals surface area contributed by atoms with E-state index >= 15 is 0 Å². The van der Waals surface area contributed by atoms with Gasteiger partial charge in [0.1, 0.15) is 17.9 Å². The van der Waals surface area contributed by atoms with Crippen LogP contribution in [-0.4, -0.2) is 39.5 Å². The largest absolute Gasteiger partial charge is 0.421 e. The molecule has 9 nitrogen and oxygen atoms in total. The number of thiophene rings is 1. The summed E-state index contributed by atoms with van der Waals surface area (Å²) in [7, 11) is 1.54. The monoisotopic (exact) mass is 489 g/mol. The summed E-state index contributed by atoms with van der Waals surface area (Å²) in [5.74, 6) is 0.636. The van der Waals surface area contributed by atoms with Gasteiger partial charge in [0.2, 0.25) is 11.8 Å². The van der Waals surface area contributed by atoms with E-state index in [1.54, 1.807) is 11.7 Å². The van der Waals surface area contributed by atoms with Gasteiger partial charge < -0.3 is 14.5 Å². The van der Waals surface area contributed by atoms with Crippen LogP contribution < -0.4 is 16.6 Å². The molecule has 1 N–H and O–H groups in total. The Labute approximate surface area is 199 Å². The van der Waals surface area contributed by atoms with E-state index in [1.165, 1.54) is 15.9 Å². The third-order valence-corrected chi connectivity index (χ3v) is 6.82. The molecule has 1 aliphatic heterocycles. The van der Waals surface area contributed by atoms with Gasteiger partial charge in [0.05, 0.1) is 5.52 Å². The topological polar surface area (TPSA) is 104 Å². The first-order valence-electron chi connectivity index (χ1n) is 10.5. The zero-order valence-electron chi connectivity index (χ0n) is 18.0. The van der Waals surface area contributed by atoms with E-state index in [2.05, 4.69) is 15.5 Å². The molecule has 1 aromatic carbocycles. The smallest absolute Gasteiger partial charge is 0.332 e. The summed E-state index contributed by atoms with van der Waals surface area (Å²) >= 11 is 1.41. The Morgan fingerprint density at radius 3 is 2.61 bits per heavy atom. The molecule has 4 heterocycles. The number of halogens is 1. The summed E-state index contributed by atoms with van der Waals surface area (Å²) in [6, 6.07) is 11.6. The number of nitrogens with zero attached hydrogens (tertiary/aromatic N) is 4. The van der Waals surface area contributed by atoms with Crippen molar-refractivity contribution in [2.75, 3.05) is 20.2 Å². The van der Waals surface area contributed by atoms with E-state index < -0.39 is 0 Å². The van der Waals surface area contributed by atoms with Crippen LogP contribution >= 0.6 is 23.7 Å². The van der Waals surface area contributed by atoms with Gasteiger partial charge in [-0.1, -0.05) is 30.3 Å². The standard InChI is InChI=1S/C22H23N5O4S.ClH/c1-30-13-19-25-24-18(31-19)12-26-16-11-17(14-5-3-2-4-6-14)32-20(16)21(28)27(22(26)29)15-7-9-23-10-8-15;/h2-6,11,15,23H,7-10,12-13H2,1H3;1H. The van der Waals surface area contributed by atoms with Crippen molar-refractivity contribution < 1.29 is 9.15 Å². The van der Waals surface area contributed by atoms with Gasteiger partial charge >= 0.3 is 5.69 Å². The van der Waals surface area contributed by atoms with Crippen molar-refractivity contribution in [3.05, 3.63) is 69.0 Å². The fourth-order valence-electron chi connectivity index (χ4n) is 4.12. The summed E-state index contributed by atoms with van der Waals surface area (Å²) in [4.78, 5) is 28.0. The van der Waals surface area contributed by atoms with E-state index in [4.69, 9.17) is 9.15 Å². The summed E-state index contributed by atoms with van der Waals surface area (Å²) in [6.45, 7) is 1.83. The van der Waals surface area contributed by atoms with Crippen LogP contribution in [0, 0.1) is 0 Å². The highest BCUT2D eigenvalue weighted by Crippen LogP contribution is 2.32. The lowest BCUT2D eigenvalue weighted by Gasteiger charge is -2.24. The normalized spacial score (nSPS) is 14.5. The Bertz CT molecular complexity index is 1350. The van der Waals surface area contributed by atoms with Gasteiger partial charge in [-0.15, -0.1) is 33.9 Å². The van der Waals surface area contributed by atoms with Gasteiger partial charge in [0.25, 0.3) is 5.56 Å². The Balaban J connectivity index is 0.00000259. The predicted octanol–water partition coefficient (Wildman–Crippen LogP) is 2.82. The van der Waals surface area contributed by atoms with Crippen molar-refractivity contribution in [1.29, 1.82) is 0 Å². The number of ether oxygens (including phenoxy) is 1. The van der Waals surface area contributed by atoms with Gasteiger partial charge in [-0.2, -0.15) is 0 Å². The molecule has 1 saturated heterocycles. The van der Waals surface area contributed by atoms with E-state index in [0.29, 0.717) is 22.0 Å². The van der Waals surface area contributed by atoms with Gasteiger partial charge in [0, 0.05) is 18.0 Å². The Morgan fingerprint density at radius 1 is 1.15 bits per heavy atom. The number of nitrogens with one attached hydrogen (secondary N) is 1. The van der Waals surface area contributed by atoms with Crippen LogP contribution in [-0.2, 0) is 17.9 Å². The molecule has 174 valence electrons. The van der Waals surface area contributed by atoms with Crippen LogP contribution in [0.5, 0.6) is 0 Å². The minimum atomic E-state index is -0.349. The molecular formula is C22H24ClN5O4S. The number of rotatable bonds is 6. The molecule has 3 aromatic heterocycles. The maximum atomic E-state index is 13.6. The molecule has 0 saturated carbocycles. The molecule has 0 unspecified atom stereocenters. The molecule has 5 rings (SSSR count). The zero-order chi connectivity index (χ0) is 22.1. The van der Waals surface area contributed by atoms with Crippen LogP contribution in [0.25, 0.3) is 20.7 Å². The third kappa shape index (κ3) is 4.51. The van der Waals surface area contributed by atoms with Gasteiger partial charge in [-0.3, -0.25) is 13.9 Å². The summed E-state index contributed by atoms with van der Waals surface area (Å²) < 4.78 is 14.2. The highest BCUT2D eigenvalue weighted by atomic mass is 35.5. The van der Waals surface area contributed by atoms with Crippen molar-refractivity contribution in [3.8, 4) is 10.4 Å². The molecule has 0 radical (unpaired) electrons. The van der Waals surface area contributed by atoms with Crippen LogP contribution in [0.1, 0.15) is 30.7 Å². The minimum Gasteiger partial charge on any atom is -0.421 e. The summed E-state index contributed by atoms with van der Waals surface area (Å²) in [5.41, 5.74) is 1.01. The second-order valence-electron chi connectivity index (χ2n) is 7.74. The molecule has 0 amide bonds. The molecule has 0 bridgehead atoms. The third-order valence-electron chi connectivity index (χ3n) is 5.66. The maximum Gasteiger partial charge on any atom is 0.332 e. The lowest BCUT2D eigenvalue weighted by Crippen LogP contribution is -2.45. The average Bonchev–Trinajstić information content (AvgIpc) is 3.46. The SMILES string of the molecule is COCc1nnc(Cn2c(=O)n(C3CCNCC3)c(=O)c3sc(-c4ccccc4)cc32)o1.Cl. The average molecular weight is 490 g/mol. The van der Waals surface area contributed by atoms with E-state index in [1.807, 2.05) is 36.4 Å². The van der Waals surface area contributed by atoms with Crippen molar-refractivity contribution in [2.45, 2.75) is 32.0 Å². The van der Waals surface area contributed by atoms with Gasteiger partial charge in [-0.25, -0.2) is 4.79 Å². The van der Waals surface area contributed by atoms with Crippen molar-refractivity contribution in [2.24, 2.45) is 0 Å². The first-order valence-corrected chi connectivity index (χ1v) is 11.3. The zero-order valence-corrected chi connectivity index (χ0v) is 19.7. The molecule has 11 heteroatoms. The first-order chi connectivity index (χ1) is 15.7. The van der Waals surface area contributed by atoms with Crippen LogP contribution in [0.2, 0.25) is 0 Å². The van der Waals surface area contributed by atoms with Gasteiger partial charge in [-0.05, 0) is 37.6 Å². The number of methoxy groups -OCH3 is 1. The Morgan fingerprint density at radius 2 is 1.88 bits per heavy atom. The molecule has 0 spiro atoms. The molecule has 33 heavy (non-hydrogen) atoms. The van der Waals surface area contributed by atoms with Crippen molar-refractivity contribution in [1.82, 2.24) is 24.6 Å². The summed E-state index contributed by atoms with van der Waals surface area (Å²) in [5, 5.41) is 11.3. The molecule has 0 atom stereocenters. The maximum absolute atomic E-state index is 13.6. The van der Waals surface area contributed by atoms with Gasteiger partial charge in [0.15, 0.2) is 0 Å². The number of hydrogen-bond donors (Lipinski definition) is 1. The molecule has 0 aliphatic carbocycles. The second kappa shape index (κ2) is 10.0. The highest BCUT2D eigenvalue weighted by molar-refractivity contribution is 7.22. The van der Waals surface area contributed by atoms with E-state index in [9.17, 15) is 9.59 Å². The quantitative estimate of drug-likeness (QED) is 0.444. The minimum absolute atomic E-state index is 0. The highest BCUT2D eigenvalue weighted by Gasteiger charge is 2.24. The van der Waals surface area contributed by atoms with Crippen LogP contribution in [0.15, 0.2) is 50.4 Å². The lowest BCUT2D eigenvalue weighted by atomic mass is 10.1. The van der Waals surface area contributed by atoms with Crippen LogP contribution in [0.4, 0.5) is 0 Å². The molecular weight excluding hydrogens is 466 g/mol. The Kier molecular flexibility index (Phi) is 7.08. The molecule has 1 fully saturated rings. The van der Waals surface area contributed by atoms with E-state index in [0.717, 1.165) is 36.4 Å². The van der Waals surface area contributed by atoms with Crippen LogP contribution in [0.3, 0.4) is 0 Å². The number of benzene rings is 1. The fourth-order valence-corrected chi connectivity index (χ4v) is 5.22. The number of hydrogen-bond acceptors (Lipinski definition) is 8. The number of fused-ring (bicyclic) bond motifs is 1. The second-order valence-corrected chi connectivity index (χ2v) is 8.79. The fraction of sp³-hybridized carbons (Fsp3) is 0.364. The number of aromatic nitrogens is 4. The van der Waals surface area contributed by atoms with Crippen molar-refractivity contribution >= 4 is 34.0 Å². The van der Waals surface area contributed by atoms with Crippen molar-refractivity contribution in [3.63, 3.8) is 0 Å². The first kappa shape index (κ1) is 23.4. The number of piperidine rings is 1. The Hall–Kier alpha value is -2.79.